The maximum Gasteiger partial charge on any atom is 0.408 e. The zero-order valence-electron chi connectivity index (χ0n) is 16.5. The topological polar surface area (TPSA) is 102 Å². The summed E-state index contributed by atoms with van der Waals surface area (Å²) in [6, 6.07) is -1.33. The van der Waals surface area contributed by atoms with Crippen molar-refractivity contribution in [3.63, 3.8) is 0 Å². The van der Waals surface area contributed by atoms with Gasteiger partial charge in [0.2, 0.25) is 11.8 Å². The molecule has 0 spiro atoms. The van der Waals surface area contributed by atoms with Gasteiger partial charge in [-0.05, 0) is 52.4 Å². The van der Waals surface area contributed by atoms with Gasteiger partial charge in [-0.25, -0.2) is 4.79 Å². The van der Waals surface area contributed by atoms with E-state index in [1.54, 1.807) is 31.7 Å². The Bertz CT molecular complexity index is 648. The zero-order valence-corrected chi connectivity index (χ0v) is 16.5. The second-order valence-electron chi connectivity index (χ2n) is 9.19. The van der Waals surface area contributed by atoms with Gasteiger partial charge in [-0.15, -0.1) is 6.58 Å². The maximum atomic E-state index is 13.5. The highest BCUT2D eigenvalue weighted by atomic mass is 16.6. The molecule has 3 N–H and O–H groups in total. The fourth-order valence-electron chi connectivity index (χ4n) is 4.70. The molecule has 0 bridgehead atoms. The van der Waals surface area contributed by atoms with Crippen LogP contribution in [0.1, 0.15) is 59.3 Å². The van der Waals surface area contributed by atoms with Crippen LogP contribution in [-0.2, 0) is 14.3 Å². The number of alkyl carbamates (subject to hydrolysis) is 1. The minimum Gasteiger partial charge on any atom is -0.444 e. The molecule has 4 atom stereocenters. The van der Waals surface area contributed by atoms with Gasteiger partial charge in [0.15, 0.2) is 0 Å². The van der Waals surface area contributed by atoms with E-state index in [9.17, 15) is 14.4 Å². The Labute approximate surface area is 160 Å². The molecule has 3 fully saturated rings. The summed E-state index contributed by atoms with van der Waals surface area (Å²) in [6.45, 7) is 9.29. The van der Waals surface area contributed by atoms with E-state index in [4.69, 9.17) is 10.5 Å². The second kappa shape index (κ2) is 6.84. The first-order valence-corrected chi connectivity index (χ1v) is 9.82. The molecule has 0 radical (unpaired) electrons. The Balaban J connectivity index is 1.87. The van der Waals surface area contributed by atoms with Crippen molar-refractivity contribution in [2.45, 2.75) is 83.0 Å². The molecule has 27 heavy (non-hydrogen) atoms. The van der Waals surface area contributed by atoms with Crippen molar-refractivity contribution in [3.8, 4) is 0 Å². The fraction of sp³-hybridized carbons (Fsp3) is 0.750. The monoisotopic (exact) mass is 377 g/mol. The van der Waals surface area contributed by atoms with Gasteiger partial charge >= 0.3 is 6.09 Å². The normalized spacial score (nSPS) is 29.6. The van der Waals surface area contributed by atoms with Crippen LogP contribution < -0.4 is 11.1 Å². The third-order valence-corrected chi connectivity index (χ3v) is 6.11. The van der Waals surface area contributed by atoms with E-state index < -0.39 is 35.1 Å². The molecular weight excluding hydrogens is 346 g/mol. The van der Waals surface area contributed by atoms with Gasteiger partial charge in [0, 0.05) is 11.5 Å². The number of ether oxygens (including phenoxy) is 1. The molecule has 3 unspecified atom stereocenters. The molecule has 7 nitrogen and oxygen atoms in total. The third-order valence-electron chi connectivity index (χ3n) is 6.11. The van der Waals surface area contributed by atoms with Crippen molar-refractivity contribution in [1.82, 2.24) is 10.2 Å². The largest absolute Gasteiger partial charge is 0.444 e. The van der Waals surface area contributed by atoms with Crippen molar-refractivity contribution < 1.29 is 19.1 Å². The van der Waals surface area contributed by atoms with Gasteiger partial charge in [0.1, 0.15) is 17.7 Å². The smallest absolute Gasteiger partial charge is 0.408 e. The SMILES string of the molecule is C=CC1([C@H](NC(=O)OC(C)(C)C)C(=O)N2C(C(N)=O)CC3CC32)CCCC1. The standard InChI is InChI=1S/C20H31N3O4/c1-5-20(8-6-7-9-20)15(22-18(26)27-19(2,3)4)17(25)23-13-10-12(13)11-14(23)16(21)24/h5,12-15H,1,6-11H2,2-4H3,(H2,21,24)(H,22,26)/t12?,13?,14?,15-/m1/s1. The number of fused-ring (bicyclic) bond motifs is 1. The fourth-order valence-corrected chi connectivity index (χ4v) is 4.70. The van der Waals surface area contributed by atoms with E-state index in [1.807, 2.05) is 0 Å². The Morgan fingerprint density at radius 2 is 1.89 bits per heavy atom. The lowest BCUT2D eigenvalue weighted by Gasteiger charge is -2.38. The molecule has 1 heterocycles. The first kappa shape index (κ1) is 19.7. The summed E-state index contributed by atoms with van der Waals surface area (Å²) in [5, 5.41) is 2.81. The summed E-state index contributed by atoms with van der Waals surface area (Å²) in [7, 11) is 0. The molecule has 1 aliphatic heterocycles. The molecule has 7 heteroatoms. The third kappa shape index (κ3) is 3.82. The number of carbonyl (C=O) groups excluding carboxylic acids is 3. The van der Waals surface area contributed by atoms with Gasteiger partial charge in [0.25, 0.3) is 0 Å². The zero-order chi connectivity index (χ0) is 20.0. The number of piperidine rings is 1. The number of hydrogen-bond donors (Lipinski definition) is 2. The molecule has 150 valence electrons. The molecule has 0 aromatic carbocycles. The summed E-state index contributed by atoms with van der Waals surface area (Å²) < 4.78 is 5.39. The predicted octanol–water partition coefficient (Wildman–Crippen LogP) is 2.10. The van der Waals surface area contributed by atoms with Crippen LogP contribution in [0.2, 0.25) is 0 Å². The van der Waals surface area contributed by atoms with Crippen LogP contribution in [0.25, 0.3) is 0 Å². The average molecular weight is 377 g/mol. The molecule has 0 aromatic heterocycles. The van der Waals surface area contributed by atoms with Crippen LogP contribution in [0.3, 0.4) is 0 Å². The number of amides is 3. The molecule has 2 saturated carbocycles. The number of nitrogens with zero attached hydrogens (tertiary/aromatic N) is 1. The number of likely N-dealkylation sites (tertiary alicyclic amines) is 1. The summed E-state index contributed by atoms with van der Waals surface area (Å²) >= 11 is 0. The van der Waals surface area contributed by atoms with E-state index in [2.05, 4.69) is 11.9 Å². The highest BCUT2D eigenvalue weighted by Crippen LogP contribution is 2.50. The molecule has 2 aliphatic carbocycles. The lowest BCUT2D eigenvalue weighted by molar-refractivity contribution is -0.142. The van der Waals surface area contributed by atoms with E-state index >= 15 is 0 Å². The van der Waals surface area contributed by atoms with Gasteiger partial charge in [-0.2, -0.15) is 0 Å². The van der Waals surface area contributed by atoms with Gasteiger partial charge in [-0.1, -0.05) is 18.9 Å². The molecule has 3 aliphatic rings. The van der Waals surface area contributed by atoms with Crippen LogP contribution >= 0.6 is 0 Å². The van der Waals surface area contributed by atoms with Crippen LogP contribution in [0.4, 0.5) is 4.79 Å². The Kier molecular flexibility index (Phi) is 4.99. The minimum absolute atomic E-state index is 0.0567. The van der Waals surface area contributed by atoms with E-state index in [1.165, 1.54) is 0 Å². The van der Waals surface area contributed by atoms with Crippen molar-refractivity contribution >= 4 is 17.9 Å². The van der Waals surface area contributed by atoms with Crippen molar-refractivity contribution in [1.29, 1.82) is 0 Å². The van der Waals surface area contributed by atoms with E-state index in [0.717, 1.165) is 32.1 Å². The quantitative estimate of drug-likeness (QED) is 0.716. The van der Waals surface area contributed by atoms with E-state index in [0.29, 0.717) is 12.3 Å². The Morgan fingerprint density at radius 3 is 2.41 bits per heavy atom. The van der Waals surface area contributed by atoms with E-state index in [-0.39, 0.29) is 11.9 Å². The number of rotatable bonds is 5. The van der Waals surface area contributed by atoms with Crippen LogP contribution in [0.15, 0.2) is 12.7 Å². The first-order chi connectivity index (χ1) is 12.6. The molecule has 3 rings (SSSR count). The Hall–Kier alpha value is -2.05. The van der Waals surface area contributed by atoms with Gasteiger partial charge in [0.05, 0.1) is 0 Å². The summed E-state index contributed by atoms with van der Waals surface area (Å²) in [6.07, 6.45) is 6.16. The second-order valence-corrected chi connectivity index (χ2v) is 9.19. The van der Waals surface area contributed by atoms with Crippen molar-refractivity contribution in [2.75, 3.05) is 0 Å². The molecule has 3 amide bonds. The minimum atomic E-state index is -0.798. The summed E-state index contributed by atoms with van der Waals surface area (Å²) in [5.41, 5.74) is 4.36. The highest BCUT2D eigenvalue weighted by molar-refractivity contribution is 5.93. The number of hydrogen-bond acceptors (Lipinski definition) is 4. The average Bonchev–Trinajstić information content (AvgIpc) is 3.01. The van der Waals surface area contributed by atoms with Gasteiger partial charge < -0.3 is 20.7 Å². The molecule has 0 aromatic rings. The number of carbonyl (C=O) groups is 3. The number of nitrogens with one attached hydrogen (secondary N) is 1. The van der Waals surface area contributed by atoms with Crippen molar-refractivity contribution in [3.05, 3.63) is 12.7 Å². The Morgan fingerprint density at radius 1 is 1.26 bits per heavy atom. The molecular formula is C20H31N3O4. The van der Waals surface area contributed by atoms with Gasteiger partial charge in [-0.3, -0.25) is 9.59 Å². The lowest BCUT2D eigenvalue weighted by atomic mass is 9.77. The van der Waals surface area contributed by atoms with Crippen molar-refractivity contribution in [2.24, 2.45) is 17.1 Å². The van der Waals surface area contributed by atoms with Crippen LogP contribution in [0, 0.1) is 11.3 Å². The molecule has 1 saturated heterocycles. The predicted molar refractivity (Wildman–Crippen MR) is 101 cm³/mol. The number of nitrogens with two attached hydrogens (primary N) is 1. The summed E-state index contributed by atoms with van der Waals surface area (Å²) in [5.74, 6) is -0.376. The highest BCUT2D eigenvalue weighted by Gasteiger charge is 2.58. The van der Waals surface area contributed by atoms with Crippen LogP contribution in [0.5, 0.6) is 0 Å². The summed E-state index contributed by atoms with van der Waals surface area (Å²) in [4.78, 5) is 39.5. The maximum absolute atomic E-state index is 13.5. The number of primary amides is 1. The lowest BCUT2D eigenvalue weighted by Crippen LogP contribution is -2.59. The first-order valence-electron chi connectivity index (χ1n) is 9.82. The van der Waals surface area contributed by atoms with Crippen LogP contribution in [-0.4, -0.2) is 46.5 Å².